The lowest BCUT2D eigenvalue weighted by Crippen LogP contribution is -2.13. The lowest BCUT2D eigenvalue weighted by atomic mass is 10.1. The molecule has 5 heteroatoms. The van der Waals surface area contributed by atoms with Crippen molar-refractivity contribution in [3.05, 3.63) is 63.6 Å². The molecule has 0 amide bonds. The average molecular weight is 335 g/mol. The van der Waals surface area contributed by atoms with Crippen LogP contribution in [0.1, 0.15) is 16.7 Å². The number of hydrogen-bond donors (Lipinski definition) is 2. The summed E-state index contributed by atoms with van der Waals surface area (Å²) in [6.07, 6.45) is 0. The number of nitrogens with two attached hydrogens (primary N) is 1. The van der Waals surface area contributed by atoms with Crippen molar-refractivity contribution in [3.8, 4) is 5.75 Å². The first-order chi connectivity index (χ1) is 9.61. The second kappa shape index (κ2) is 6.43. The summed E-state index contributed by atoms with van der Waals surface area (Å²) >= 11 is 3.49. The molecule has 0 aliphatic rings. The number of oxime groups is 1. The maximum absolute atomic E-state index is 8.71. The van der Waals surface area contributed by atoms with Gasteiger partial charge in [-0.2, -0.15) is 0 Å². The number of hydrogen-bond acceptors (Lipinski definition) is 3. The number of ether oxygens (including phenoxy) is 1. The molecular weight excluding hydrogens is 320 g/mol. The third kappa shape index (κ3) is 3.30. The molecule has 0 aromatic heterocycles. The van der Waals surface area contributed by atoms with Crippen LogP contribution >= 0.6 is 15.9 Å². The molecule has 0 bridgehead atoms. The zero-order valence-corrected chi connectivity index (χ0v) is 12.6. The van der Waals surface area contributed by atoms with E-state index >= 15 is 0 Å². The van der Waals surface area contributed by atoms with Gasteiger partial charge in [-0.05, 0) is 24.6 Å². The highest BCUT2D eigenvalue weighted by atomic mass is 79.9. The van der Waals surface area contributed by atoms with Crippen molar-refractivity contribution in [2.24, 2.45) is 10.9 Å². The Bertz CT molecular complexity index is 642. The molecule has 104 valence electrons. The molecule has 0 saturated heterocycles. The Morgan fingerprint density at radius 3 is 2.75 bits per heavy atom. The molecule has 0 radical (unpaired) electrons. The van der Waals surface area contributed by atoms with Crippen LogP contribution < -0.4 is 10.5 Å². The van der Waals surface area contributed by atoms with Gasteiger partial charge in [-0.1, -0.05) is 51.4 Å². The molecule has 0 unspecified atom stereocenters. The number of rotatable bonds is 4. The molecule has 2 aromatic rings. The largest absolute Gasteiger partial charge is 0.489 e. The summed E-state index contributed by atoms with van der Waals surface area (Å²) in [5, 5.41) is 11.7. The number of halogens is 1. The molecule has 4 nitrogen and oxygen atoms in total. The van der Waals surface area contributed by atoms with E-state index in [9.17, 15) is 0 Å². The Kier molecular flexibility index (Phi) is 4.63. The van der Waals surface area contributed by atoms with Crippen LogP contribution in [-0.2, 0) is 6.61 Å². The van der Waals surface area contributed by atoms with Gasteiger partial charge in [0.05, 0.1) is 0 Å². The van der Waals surface area contributed by atoms with Crippen LogP contribution in [0, 0.1) is 6.92 Å². The van der Waals surface area contributed by atoms with Crippen LogP contribution in [0.25, 0.3) is 0 Å². The molecule has 0 aliphatic carbocycles. The first kappa shape index (κ1) is 14.4. The summed E-state index contributed by atoms with van der Waals surface area (Å²) in [5.41, 5.74) is 8.26. The predicted molar refractivity (Wildman–Crippen MR) is 82.2 cm³/mol. The fourth-order valence-corrected chi connectivity index (χ4v) is 2.14. The summed E-state index contributed by atoms with van der Waals surface area (Å²) in [6, 6.07) is 13.3. The molecule has 0 aliphatic heterocycles. The van der Waals surface area contributed by atoms with Crippen molar-refractivity contribution in [1.82, 2.24) is 0 Å². The Hall–Kier alpha value is -2.01. The van der Waals surface area contributed by atoms with Crippen molar-refractivity contribution in [2.75, 3.05) is 0 Å². The van der Waals surface area contributed by atoms with Gasteiger partial charge in [0.25, 0.3) is 0 Å². The summed E-state index contributed by atoms with van der Waals surface area (Å²) < 4.78 is 6.82. The lowest BCUT2D eigenvalue weighted by molar-refractivity contribution is 0.303. The second-order valence-electron chi connectivity index (χ2n) is 4.35. The van der Waals surface area contributed by atoms with Crippen LogP contribution in [0.3, 0.4) is 0 Å². The van der Waals surface area contributed by atoms with Gasteiger partial charge in [-0.15, -0.1) is 0 Å². The van der Waals surface area contributed by atoms with Crippen LogP contribution in [0.5, 0.6) is 5.75 Å². The van der Waals surface area contributed by atoms with Gasteiger partial charge in [0.2, 0.25) is 0 Å². The quantitative estimate of drug-likeness (QED) is 0.389. The molecule has 2 rings (SSSR count). The second-order valence-corrected chi connectivity index (χ2v) is 5.20. The predicted octanol–water partition coefficient (Wildman–Crippen LogP) is 3.43. The minimum Gasteiger partial charge on any atom is -0.489 e. The monoisotopic (exact) mass is 334 g/mol. The van der Waals surface area contributed by atoms with Crippen molar-refractivity contribution in [2.45, 2.75) is 13.5 Å². The highest BCUT2D eigenvalue weighted by molar-refractivity contribution is 9.10. The van der Waals surface area contributed by atoms with Crippen molar-refractivity contribution in [1.29, 1.82) is 0 Å². The molecule has 0 atom stereocenters. The summed E-state index contributed by atoms with van der Waals surface area (Å²) in [4.78, 5) is 0. The van der Waals surface area contributed by atoms with Gasteiger partial charge < -0.3 is 15.7 Å². The SMILES string of the molecule is Cc1ccc(/C(N)=N/O)cc1OCc1ccccc1Br. The highest BCUT2D eigenvalue weighted by Gasteiger charge is 2.06. The third-order valence-corrected chi connectivity index (χ3v) is 3.71. The minimum absolute atomic E-state index is 0.0655. The summed E-state index contributed by atoms with van der Waals surface area (Å²) in [6.45, 7) is 2.40. The Balaban J connectivity index is 2.19. The van der Waals surface area contributed by atoms with E-state index in [1.54, 1.807) is 12.1 Å². The third-order valence-electron chi connectivity index (χ3n) is 2.93. The van der Waals surface area contributed by atoms with E-state index in [2.05, 4.69) is 21.1 Å². The zero-order chi connectivity index (χ0) is 14.5. The van der Waals surface area contributed by atoms with Gasteiger partial charge >= 0.3 is 0 Å². The van der Waals surface area contributed by atoms with E-state index in [1.165, 1.54) is 0 Å². The molecule has 0 saturated carbocycles. The number of aryl methyl sites for hydroxylation is 1. The van der Waals surface area contributed by atoms with Gasteiger partial charge in [-0.25, -0.2) is 0 Å². The maximum atomic E-state index is 8.71. The first-order valence-electron chi connectivity index (χ1n) is 6.06. The molecule has 0 fully saturated rings. The molecule has 2 aromatic carbocycles. The summed E-state index contributed by atoms with van der Waals surface area (Å²) in [7, 11) is 0. The van der Waals surface area contributed by atoms with Crippen molar-refractivity contribution < 1.29 is 9.94 Å². The van der Waals surface area contributed by atoms with Crippen molar-refractivity contribution in [3.63, 3.8) is 0 Å². The normalized spacial score (nSPS) is 11.4. The van der Waals surface area contributed by atoms with Crippen LogP contribution in [-0.4, -0.2) is 11.0 Å². The van der Waals surface area contributed by atoms with E-state index < -0.39 is 0 Å². The van der Waals surface area contributed by atoms with Crippen LogP contribution in [0.4, 0.5) is 0 Å². The smallest absolute Gasteiger partial charge is 0.170 e. The Labute approximate surface area is 126 Å². The molecule has 3 N–H and O–H groups in total. The van der Waals surface area contributed by atoms with Crippen molar-refractivity contribution >= 4 is 21.8 Å². The molecule has 0 spiro atoms. The fraction of sp³-hybridized carbons (Fsp3) is 0.133. The Morgan fingerprint density at radius 2 is 2.05 bits per heavy atom. The van der Waals surface area contributed by atoms with Gasteiger partial charge in [0.15, 0.2) is 5.84 Å². The van der Waals surface area contributed by atoms with Crippen LogP contribution in [0.15, 0.2) is 52.1 Å². The van der Waals surface area contributed by atoms with E-state index in [1.807, 2.05) is 37.3 Å². The number of nitrogens with zero attached hydrogens (tertiary/aromatic N) is 1. The first-order valence-corrected chi connectivity index (χ1v) is 6.86. The lowest BCUT2D eigenvalue weighted by Gasteiger charge is -2.11. The van der Waals surface area contributed by atoms with E-state index in [0.717, 1.165) is 15.6 Å². The molecule has 0 heterocycles. The van der Waals surface area contributed by atoms with Crippen LogP contribution in [0.2, 0.25) is 0 Å². The highest BCUT2D eigenvalue weighted by Crippen LogP contribution is 2.23. The van der Waals surface area contributed by atoms with E-state index in [-0.39, 0.29) is 5.84 Å². The number of benzene rings is 2. The fourth-order valence-electron chi connectivity index (χ4n) is 1.74. The minimum atomic E-state index is 0.0655. The number of amidine groups is 1. The Morgan fingerprint density at radius 1 is 1.30 bits per heavy atom. The average Bonchev–Trinajstić information content (AvgIpc) is 2.47. The summed E-state index contributed by atoms with van der Waals surface area (Å²) in [5.74, 6) is 0.778. The topological polar surface area (TPSA) is 67.8 Å². The van der Waals surface area contributed by atoms with E-state index in [0.29, 0.717) is 17.9 Å². The molecular formula is C15H15BrN2O2. The maximum Gasteiger partial charge on any atom is 0.170 e. The van der Waals surface area contributed by atoms with Gasteiger partial charge in [-0.3, -0.25) is 0 Å². The van der Waals surface area contributed by atoms with E-state index in [4.69, 9.17) is 15.7 Å². The zero-order valence-electron chi connectivity index (χ0n) is 11.0. The van der Waals surface area contributed by atoms with Gasteiger partial charge in [0.1, 0.15) is 12.4 Å². The standard InChI is InChI=1S/C15H15BrN2O2/c1-10-6-7-11(15(17)18-19)8-14(10)20-9-12-4-2-3-5-13(12)16/h2-8,19H,9H2,1H3,(H2,17,18). The molecule has 20 heavy (non-hydrogen) atoms. The van der Waals surface area contributed by atoms with Gasteiger partial charge in [0, 0.05) is 15.6 Å².